The molecule has 0 amide bonds. The monoisotopic (exact) mass is 279 g/mol. The minimum Gasteiger partial charge on any atom is -0.468 e. The number of esters is 1. The summed E-state index contributed by atoms with van der Waals surface area (Å²) in [4.78, 5) is 14.0. The van der Waals surface area contributed by atoms with E-state index in [2.05, 4.69) is 11.8 Å². The van der Waals surface area contributed by atoms with E-state index >= 15 is 0 Å². The molecule has 4 aliphatic rings. The van der Waals surface area contributed by atoms with Gasteiger partial charge in [0.05, 0.1) is 13.7 Å². The summed E-state index contributed by atoms with van der Waals surface area (Å²) in [6.45, 7) is 4.83. The van der Waals surface area contributed by atoms with E-state index in [1.54, 1.807) is 0 Å². The van der Waals surface area contributed by atoms with Crippen LogP contribution in [0.2, 0.25) is 0 Å². The lowest BCUT2D eigenvalue weighted by Crippen LogP contribution is -2.52. The number of carbonyl (C=O) groups excluding carboxylic acids is 1. The summed E-state index contributed by atoms with van der Waals surface area (Å²) in [5, 5.41) is 0. The molecule has 0 aliphatic heterocycles. The maximum Gasteiger partial charge on any atom is 0.319 e. The van der Waals surface area contributed by atoms with E-state index in [4.69, 9.17) is 4.74 Å². The third kappa shape index (κ3) is 2.88. The third-order valence-electron chi connectivity index (χ3n) is 5.84. The SMILES string of the molecule is CCCN(CC(=O)OC)CC12CC3CC(CC(C3)C1)C2. The van der Waals surface area contributed by atoms with Crippen LogP contribution in [0.15, 0.2) is 0 Å². The van der Waals surface area contributed by atoms with Gasteiger partial charge in [0.1, 0.15) is 0 Å². The minimum absolute atomic E-state index is 0.0804. The molecule has 0 heterocycles. The quantitative estimate of drug-likeness (QED) is 0.700. The lowest BCUT2D eigenvalue weighted by Gasteiger charge is -2.58. The lowest BCUT2D eigenvalue weighted by atomic mass is 9.49. The molecule has 3 nitrogen and oxygen atoms in total. The standard InChI is InChI=1S/C17H29NO2/c1-3-4-18(11-16(19)20-2)12-17-8-13-5-14(9-17)7-15(6-13)10-17/h13-15H,3-12H2,1-2H3. The summed E-state index contributed by atoms with van der Waals surface area (Å²) in [5.41, 5.74) is 0.526. The molecule has 0 radical (unpaired) electrons. The van der Waals surface area contributed by atoms with Crippen LogP contribution in [0.5, 0.6) is 0 Å². The molecule has 4 bridgehead atoms. The van der Waals surface area contributed by atoms with Crippen molar-refractivity contribution in [3.63, 3.8) is 0 Å². The van der Waals surface area contributed by atoms with Crippen molar-refractivity contribution in [3.05, 3.63) is 0 Å². The Kier molecular flexibility index (Phi) is 4.07. The summed E-state index contributed by atoms with van der Waals surface area (Å²) in [7, 11) is 1.50. The van der Waals surface area contributed by atoms with Gasteiger partial charge in [0, 0.05) is 6.54 Å². The zero-order valence-electron chi connectivity index (χ0n) is 13.1. The molecule has 0 aromatic heterocycles. The Morgan fingerprint density at radius 1 is 1.15 bits per heavy atom. The summed E-state index contributed by atoms with van der Waals surface area (Å²) < 4.78 is 4.87. The highest BCUT2D eigenvalue weighted by molar-refractivity contribution is 5.71. The van der Waals surface area contributed by atoms with Crippen molar-refractivity contribution in [2.75, 3.05) is 26.7 Å². The Bertz CT molecular complexity index is 331. The Hall–Kier alpha value is -0.570. The van der Waals surface area contributed by atoms with Crippen molar-refractivity contribution in [2.24, 2.45) is 23.2 Å². The van der Waals surface area contributed by atoms with Crippen molar-refractivity contribution in [3.8, 4) is 0 Å². The van der Waals surface area contributed by atoms with Crippen molar-refractivity contribution in [2.45, 2.75) is 51.9 Å². The number of ether oxygens (including phenoxy) is 1. The number of rotatable bonds is 6. The van der Waals surface area contributed by atoms with E-state index in [0.29, 0.717) is 12.0 Å². The summed E-state index contributed by atoms with van der Waals surface area (Å²) in [6.07, 6.45) is 9.84. The summed E-state index contributed by atoms with van der Waals surface area (Å²) in [5.74, 6) is 2.89. The van der Waals surface area contributed by atoms with E-state index in [9.17, 15) is 4.79 Å². The molecule has 0 atom stereocenters. The first-order valence-electron chi connectivity index (χ1n) is 8.41. The van der Waals surface area contributed by atoms with E-state index in [0.717, 1.165) is 37.3 Å². The maximum absolute atomic E-state index is 11.6. The largest absolute Gasteiger partial charge is 0.468 e. The van der Waals surface area contributed by atoms with Crippen LogP contribution in [0.4, 0.5) is 0 Å². The first-order valence-corrected chi connectivity index (χ1v) is 8.41. The highest BCUT2D eigenvalue weighted by Crippen LogP contribution is 2.60. The van der Waals surface area contributed by atoms with E-state index in [1.807, 2.05) is 0 Å². The Labute approximate surface area is 123 Å². The molecule has 4 aliphatic carbocycles. The fourth-order valence-electron chi connectivity index (χ4n) is 5.74. The fraction of sp³-hybridized carbons (Fsp3) is 0.941. The molecule has 0 aromatic carbocycles. The molecule has 20 heavy (non-hydrogen) atoms. The van der Waals surface area contributed by atoms with Crippen LogP contribution >= 0.6 is 0 Å². The molecule has 4 rings (SSSR count). The normalized spacial score (nSPS) is 38.5. The van der Waals surface area contributed by atoms with Crippen LogP contribution in [0.3, 0.4) is 0 Å². The van der Waals surface area contributed by atoms with Gasteiger partial charge in [-0.2, -0.15) is 0 Å². The molecule has 0 spiro atoms. The Morgan fingerprint density at radius 3 is 2.15 bits per heavy atom. The Morgan fingerprint density at radius 2 is 1.70 bits per heavy atom. The van der Waals surface area contributed by atoms with E-state index in [1.165, 1.54) is 45.6 Å². The smallest absolute Gasteiger partial charge is 0.319 e. The number of carbonyl (C=O) groups is 1. The second-order valence-electron chi connectivity index (χ2n) is 7.70. The van der Waals surface area contributed by atoms with Crippen LogP contribution in [0.25, 0.3) is 0 Å². The van der Waals surface area contributed by atoms with Crippen molar-refractivity contribution in [1.82, 2.24) is 4.90 Å². The summed E-state index contributed by atoms with van der Waals surface area (Å²) >= 11 is 0. The van der Waals surface area contributed by atoms with Gasteiger partial charge in [-0.3, -0.25) is 9.69 Å². The maximum atomic E-state index is 11.6. The zero-order chi connectivity index (χ0) is 14.2. The van der Waals surface area contributed by atoms with Crippen molar-refractivity contribution < 1.29 is 9.53 Å². The van der Waals surface area contributed by atoms with Crippen molar-refractivity contribution in [1.29, 1.82) is 0 Å². The van der Waals surface area contributed by atoms with Crippen LogP contribution in [-0.2, 0) is 9.53 Å². The van der Waals surface area contributed by atoms with Gasteiger partial charge >= 0.3 is 5.97 Å². The first-order chi connectivity index (χ1) is 9.62. The van der Waals surface area contributed by atoms with Crippen LogP contribution in [0, 0.1) is 23.2 Å². The van der Waals surface area contributed by atoms with Gasteiger partial charge < -0.3 is 4.74 Å². The third-order valence-corrected chi connectivity index (χ3v) is 5.84. The highest BCUT2D eigenvalue weighted by atomic mass is 16.5. The van der Waals surface area contributed by atoms with Gasteiger partial charge in [-0.1, -0.05) is 6.92 Å². The van der Waals surface area contributed by atoms with E-state index in [-0.39, 0.29) is 5.97 Å². The lowest BCUT2D eigenvalue weighted by molar-refractivity contribution is -0.143. The first kappa shape index (κ1) is 14.4. The predicted octanol–water partition coefficient (Wildman–Crippen LogP) is 3.09. The average molecular weight is 279 g/mol. The predicted molar refractivity (Wildman–Crippen MR) is 79.4 cm³/mol. The fourth-order valence-corrected chi connectivity index (χ4v) is 5.74. The van der Waals surface area contributed by atoms with Gasteiger partial charge in [-0.25, -0.2) is 0 Å². The molecule has 114 valence electrons. The molecule has 4 fully saturated rings. The summed E-state index contributed by atoms with van der Waals surface area (Å²) in [6, 6.07) is 0. The minimum atomic E-state index is -0.0804. The van der Waals surface area contributed by atoms with Gasteiger partial charge in [0.15, 0.2) is 0 Å². The van der Waals surface area contributed by atoms with Gasteiger partial charge in [0.2, 0.25) is 0 Å². The van der Waals surface area contributed by atoms with Gasteiger partial charge in [-0.15, -0.1) is 0 Å². The topological polar surface area (TPSA) is 29.5 Å². The highest BCUT2D eigenvalue weighted by Gasteiger charge is 2.51. The number of nitrogens with zero attached hydrogens (tertiary/aromatic N) is 1. The van der Waals surface area contributed by atoms with Gasteiger partial charge in [0.25, 0.3) is 0 Å². The molecule has 0 unspecified atom stereocenters. The van der Waals surface area contributed by atoms with Gasteiger partial charge in [-0.05, 0) is 74.7 Å². The number of hydrogen-bond acceptors (Lipinski definition) is 3. The van der Waals surface area contributed by atoms with E-state index < -0.39 is 0 Å². The molecule has 0 N–H and O–H groups in total. The molecule has 0 saturated heterocycles. The zero-order valence-corrected chi connectivity index (χ0v) is 13.1. The molecule has 0 aromatic rings. The number of hydrogen-bond donors (Lipinski definition) is 0. The second-order valence-corrected chi connectivity index (χ2v) is 7.70. The molecular formula is C17H29NO2. The van der Waals surface area contributed by atoms with Crippen LogP contribution in [-0.4, -0.2) is 37.6 Å². The molecular weight excluding hydrogens is 250 g/mol. The second kappa shape index (κ2) is 5.67. The van der Waals surface area contributed by atoms with Crippen molar-refractivity contribution >= 4 is 5.97 Å². The van der Waals surface area contributed by atoms with Crippen LogP contribution in [0.1, 0.15) is 51.9 Å². The molecule has 4 saturated carbocycles. The van der Waals surface area contributed by atoms with Crippen LogP contribution < -0.4 is 0 Å². The Balaban J connectivity index is 1.66. The average Bonchev–Trinajstić information content (AvgIpc) is 2.36. The number of methoxy groups -OCH3 is 1. The molecule has 3 heteroatoms.